The van der Waals surface area contributed by atoms with Gasteiger partial charge >= 0.3 is 6.03 Å². The van der Waals surface area contributed by atoms with E-state index < -0.39 is 0 Å². The Balaban J connectivity index is 1.87. The van der Waals surface area contributed by atoms with Gasteiger partial charge in [-0.1, -0.05) is 13.0 Å². The molecule has 1 aliphatic heterocycles. The molecule has 1 fully saturated rings. The lowest BCUT2D eigenvalue weighted by molar-refractivity contribution is 0.171. The van der Waals surface area contributed by atoms with E-state index in [0.717, 1.165) is 37.5 Å². The molecule has 18 heavy (non-hydrogen) atoms. The lowest BCUT2D eigenvalue weighted by Crippen LogP contribution is -2.44. The van der Waals surface area contributed by atoms with E-state index in [0.29, 0.717) is 0 Å². The van der Waals surface area contributed by atoms with Crippen molar-refractivity contribution in [3.63, 3.8) is 0 Å². The third-order valence-electron chi connectivity index (χ3n) is 3.54. The number of nitrogens with one attached hydrogen (secondary N) is 1. The van der Waals surface area contributed by atoms with Crippen LogP contribution in [0.15, 0.2) is 24.4 Å². The van der Waals surface area contributed by atoms with Crippen LogP contribution in [0.4, 0.5) is 4.79 Å². The minimum absolute atomic E-state index is 0.0278. The average Bonchev–Trinajstić information content (AvgIpc) is 2.40. The third-order valence-corrected chi connectivity index (χ3v) is 3.54. The Bertz CT molecular complexity index is 385. The van der Waals surface area contributed by atoms with Crippen LogP contribution in [-0.4, -0.2) is 29.0 Å². The summed E-state index contributed by atoms with van der Waals surface area (Å²) in [5, 5.41) is 3.01. The zero-order chi connectivity index (χ0) is 13.0. The summed E-state index contributed by atoms with van der Waals surface area (Å²) in [4.78, 5) is 18.2. The smallest absolute Gasteiger partial charge is 0.317 e. The fourth-order valence-electron chi connectivity index (χ4n) is 2.19. The number of amides is 2. The van der Waals surface area contributed by atoms with Crippen LogP contribution in [-0.2, 0) is 0 Å². The van der Waals surface area contributed by atoms with Crippen molar-refractivity contribution >= 4 is 6.03 Å². The molecule has 0 bridgehead atoms. The summed E-state index contributed by atoms with van der Waals surface area (Å²) in [7, 11) is 0. The number of nitrogens with zero attached hydrogens (tertiary/aromatic N) is 2. The first-order valence-corrected chi connectivity index (χ1v) is 6.63. The fourth-order valence-corrected chi connectivity index (χ4v) is 2.19. The first-order chi connectivity index (χ1) is 8.66. The average molecular weight is 247 g/mol. The van der Waals surface area contributed by atoms with Crippen LogP contribution in [0.3, 0.4) is 0 Å². The van der Waals surface area contributed by atoms with Gasteiger partial charge in [0.1, 0.15) is 0 Å². The topological polar surface area (TPSA) is 45.2 Å². The SMILES string of the molecule is CC1CCN(C(=O)NC(C)c2ccccn2)CC1. The Morgan fingerprint density at radius 2 is 2.17 bits per heavy atom. The summed E-state index contributed by atoms with van der Waals surface area (Å²) in [6.07, 6.45) is 3.96. The normalized spacial score (nSPS) is 18.4. The highest BCUT2D eigenvalue weighted by Gasteiger charge is 2.21. The molecule has 1 atom stereocenters. The molecule has 1 aromatic heterocycles. The largest absolute Gasteiger partial charge is 0.330 e. The maximum Gasteiger partial charge on any atom is 0.317 e. The molecule has 2 rings (SSSR count). The summed E-state index contributed by atoms with van der Waals surface area (Å²) in [5.41, 5.74) is 0.899. The van der Waals surface area contributed by atoms with Crippen LogP contribution in [0.2, 0.25) is 0 Å². The molecule has 0 spiro atoms. The molecule has 0 aromatic carbocycles. The van der Waals surface area contributed by atoms with E-state index >= 15 is 0 Å². The highest BCUT2D eigenvalue weighted by Crippen LogP contribution is 2.17. The molecule has 0 radical (unpaired) electrons. The molecular weight excluding hydrogens is 226 g/mol. The van der Waals surface area contributed by atoms with Gasteiger partial charge in [-0.3, -0.25) is 4.98 Å². The Morgan fingerprint density at radius 1 is 1.44 bits per heavy atom. The minimum Gasteiger partial charge on any atom is -0.330 e. The molecule has 2 amide bonds. The monoisotopic (exact) mass is 247 g/mol. The second kappa shape index (κ2) is 5.85. The van der Waals surface area contributed by atoms with Gasteiger partial charge in [-0.05, 0) is 37.8 Å². The molecule has 4 heteroatoms. The van der Waals surface area contributed by atoms with Crippen LogP contribution in [0.25, 0.3) is 0 Å². The molecule has 0 saturated carbocycles. The van der Waals surface area contributed by atoms with Gasteiger partial charge in [0, 0.05) is 19.3 Å². The Hall–Kier alpha value is -1.58. The van der Waals surface area contributed by atoms with Crippen molar-refractivity contribution in [3.8, 4) is 0 Å². The summed E-state index contributed by atoms with van der Waals surface area (Å²) < 4.78 is 0. The zero-order valence-corrected chi connectivity index (χ0v) is 11.1. The Morgan fingerprint density at radius 3 is 2.78 bits per heavy atom. The molecular formula is C14H21N3O. The number of hydrogen-bond donors (Lipinski definition) is 1. The van der Waals surface area contributed by atoms with Gasteiger partial charge in [-0.25, -0.2) is 4.79 Å². The van der Waals surface area contributed by atoms with Crippen molar-refractivity contribution < 1.29 is 4.79 Å². The van der Waals surface area contributed by atoms with Crippen molar-refractivity contribution in [2.75, 3.05) is 13.1 Å². The van der Waals surface area contributed by atoms with Gasteiger partial charge in [0.2, 0.25) is 0 Å². The summed E-state index contributed by atoms with van der Waals surface area (Å²) in [6, 6.07) is 5.74. The lowest BCUT2D eigenvalue weighted by atomic mass is 10.00. The van der Waals surface area contributed by atoms with E-state index in [-0.39, 0.29) is 12.1 Å². The summed E-state index contributed by atoms with van der Waals surface area (Å²) in [6.45, 7) is 5.93. The number of carbonyl (C=O) groups is 1. The van der Waals surface area contributed by atoms with Gasteiger partial charge in [0.15, 0.2) is 0 Å². The van der Waals surface area contributed by atoms with Crippen molar-refractivity contribution in [1.29, 1.82) is 0 Å². The number of piperidine rings is 1. The molecule has 4 nitrogen and oxygen atoms in total. The predicted octanol–water partition coefficient (Wildman–Crippen LogP) is 2.58. The van der Waals surface area contributed by atoms with Crippen molar-refractivity contribution in [3.05, 3.63) is 30.1 Å². The highest BCUT2D eigenvalue weighted by atomic mass is 16.2. The molecule has 1 saturated heterocycles. The van der Waals surface area contributed by atoms with E-state index in [1.165, 1.54) is 0 Å². The number of carbonyl (C=O) groups excluding carboxylic acids is 1. The molecule has 0 aliphatic carbocycles. The second-order valence-electron chi connectivity index (χ2n) is 5.10. The standard InChI is InChI=1S/C14H21N3O/c1-11-6-9-17(10-7-11)14(18)16-12(2)13-5-3-4-8-15-13/h3-5,8,11-12H,6-7,9-10H2,1-2H3,(H,16,18). The van der Waals surface area contributed by atoms with Crippen molar-refractivity contribution in [1.82, 2.24) is 15.2 Å². The molecule has 98 valence electrons. The number of urea groups is 1. The fraction of sp³-hybridized carbons (Fsp3) is 0.571. The van der Waals surface area contributed by atoms with Crippen LogP contribution in [0.5, 0.6) is 0 Å². The number of rotatable bonds is 2. The minimum atomic E-state index is -0.0435. The molecule has 1 N–H and O–H groups in total. The van der Waals surface area contributed by atoms with Gasteiger partial charge in [0.25, 0.3) is 0 Å². The van der Waals surface area contributed by atoms with Gasteiger partial charge in [0.05, 0.1) is 11.7 Å². The maximum absolute atomic E-state index is 12.1. The lowest BCUT2D eigenvalue weighted by Gasteiger charge is -2.31. The van der Waals surface area contributed by atoms with E-state index in [9.17, 15) is 4.79 Å². The van der Waals surface area contributed by atoms with Crippen molar-refractivity contribution in [2.45, 2.75) is 32.7 Å². The third kappa shape index (κ3) is 3.22. The molecule has 2 heterocycles. The van der Waals surface area contributed by atoms with E-state index in [2.05, 4.69) is 17.2 Å². The highest BCUT2D eigenvalue weighted by molar-refractivity contribution is 5.74. The van der Waals surface area contributed by atoms with Gasteiger partial charge < -0.3 is 10.2 Å². The molecule has 1 aromatic rings. The summed E-state index contributed by atoms with van der Waals surface area (Å²) in [5.74, 6) is 0.738. The number of aromatic nitrogens is 1. The van der Waals surface area contributed by atoms with E-state index in [1.54, 1.807) is 6.20 Å². The number of likely N-dealkylation sites (tertiary alicyclic amines) is 1. The number of hydrogen-bond acceptors (Lipinski definition) is 2. The zero-order valence-electron chi connectivity index (χ0n) is 11.1. The number of pyridine rings is 1. The maximum atomic E-state index is 12.1. The van der Waals surface area contributed by atoms with E-state index in [4.69, 9.17) is 0 Å². The first-order valence-electron chi connectivity index (χ1n) is 6.63. The van der Waals surface area contributed by atoms with E-state index in [1.807, 2.05) is 30.0 Å². The summed E-state index contributed by atoms with van der Waals surface area (Å²) >= 11 is 0. The first kappa shape index (κ1) is 12.9. The van der Waals surface area contributed by atoms with Crippen LogP contribution in [0, 0.1) is 5.92 Å². The quantitative estimate of drug-likeness (QED) is 0.873. The van der Waals surface area contributed by atoms with Gasteiger partial charge in [-0.15, -0.1) is 0 Å². The Labute approximate surface area is 108 Å². The van der Waals surface area contributed by atoms with Crippen LogP contribution < -0.4 is 5.32 Å². The molecule has 1 unspecified atom stereocenters. The van der Waals surface area contributed by atoms with Gasteiger partial charge in [-0.2, -0.15) is 0 Å². The second-order valence-corrected chi connectivity index (χ2v) is 5.10. The van der Waals surface area contributed by atoms with Crippen molar-refractivity contribution in [2.24, 2.45) is 5.92 Å². The Kier molecular flexibility index (Phi) is 4.18. The van der Waals surface area contributed by atoms with Crippen LogP contribution in [0.1, 0.15) is 38.4 Å². The molecule has 1 aliphatic rings. The predicted molar refractivity (Wildman–Crippen MR) is 71.2 cm³/mol. The van der Waals surface area contributed by atoms with Crippen LogP contribution >= 0.6 is 0 Å².